The zero-order valence-corrected chi connectivity index (χ0v) is 29.5. The molecule has 1 radical (unpaired) electrons. The number of pyridine rings is 1. The van der Waals surface area contributed by atoms with Gasteiger partial charge in [0.25, 0.3) is 0 Å². The molecule has 0 amide bonds. The number of carbonyl (C=O) groups is 1. The number of benzene rings is 3. The van der Waals surface area contributed by atoms with E-state index in [1.54, 1.807) is 5.19 Å². The van der Waals surface area contributed by atoms with Gasteiger partial charge in [-0.3, -0.25) is 4.79 Å². The molecule has 0 atom stereocenters. The molecule has 4 aromatic rings. The zero-order chi connectivity index (χ0) is 28.3. The number of nitrogens with zero attached hydrogens (tertiary/aromatic N) is 1. The van der Waals surface area contributed by atoms with Crippen LogP contribution in [-0.4, -0.2) is 38.9 Å². The maximum atomic E-state index is 11.5. The first kappa shape index (κ1) is 30.6. The Bertz CT molecular complexity index is 1660. The van der Waals surface area contributed by atoms with Crippen LogP contribution in [0.5, 0.6) is 0 Å². The van der Waals surface area contributed by atoms with Gasteiger partial charge < -0.3 is 5.11 Å². The predicted octanol–water partition coefficient (Wildman–Crippen LogP) is 5.56. The van der Waals surface area contributed by atoms with Gasteiger partial charge in [-0.15, -0.1) is 0 Å². The van der Waals surface area contributed by atoms with Crippen LogP contribution in [0.3, 0.4) is 0 Å². The third kappa shape index (κ3) is 5.45. The van der Waals surface area contributed by atoms with Crippen LogP contribution in [0.2, 0.25) is 13.1 Å². The van der Waals surface area contributed by atoms with E-state index >= 15 is 0 Å². The fourth-order valence-corrected chi connectivity index (χ4v) is 10.7. The van der Waals surface area contributed by atoms with Crippen molar-refractivity contribution >= 4 is 58.9 Å². The Morgan fingerprint density at radius 1 is 0.900 bits per heavy atom. The van der Waals surface area contributed by atoms with Crippen molar-refractivity contribution in [2.45, 2.75) is 54.6 Å². The zero-order valence-electron chi connectivity index (χ0n) is 24.4. The van der Waals surface area contributed by atoms with Crippen molar-refractivity contribution in [2.24, 2.45) is 10.8 Å². The minimum Gasteiger partial charge on any atom is 0 e. The van der Waals surface area contributed by atoms with Crippen molar-refractivity contribution in [2.75, 3.05) is 0 Å². The molecule has 0 aliphatic carbocycles. The number of aliphatic hydroxyl groups excluding tert-OH is 1. The number of carbonyl (C=O) groups excluding carboxylic acids is 1. The summed E-state index contributed by atoms with van der Waals surface area (Å²) in [5.41, 5.74) is 4.50. The van der Waals surface area contributed by atoms with Crippen molar-refractivity contribution in [1.82, 2.24) is 4.98 Å². The van der Waals surface area contributed by atoms with Crippen molar-refractivity contribution in [3.63, 3.8) is 0 Å². The summed E-state index contributed by atoms with van der Waals surface area (Å²) >= 11 is 0.272. The summed E-state index contributed by atoms with van der Waals surface area (Å²) in [6.45, 7) is 16.1. The molecule has 3 nitrogen and oxygen atoms in total. The normalized spacial score (nSPS) is 14.8. The molecular formula is C34H36IrNO2SeSi-. The number of rotatable bonds is 1. The van der Waals surface area contributed by atoms with E-state index < -0.39 is 13.5 Å². The van der Waals surface area contributed by atoms with E-state index in [4.69, 9.17) is 4.98 Å². The van der Waals surface area contributed by atoms with Gasteiger partial charge in [0.2, 0.25) is 0 Å². The minimum atomic E-state index is -1.65. The van der Waals surface area contributed by atoms with Crippen LogP contribution >= 0.6 is 0 Å². The maximum Gasteiger partial charge on any atom is 0 e. The molecular weight excluding hydrogens is 754 g/mol. The Labute approximate surface area is 259 Å². The number of ketones is 1. The molecule has 2 aliphatic heterocycles. The van der Waals surface area contributed by atoms with E-state index in [1.807, 2.05) is 47.7 Å². The quantitative estimate of drug-likeness (QED) is 0.105. The Morgan fingerprint density at radius 3 is 2.25 bits per heavy atom. The average molecular weight is 790 g/mol. The van der Waals surface area contributed by atoms with Crippen LogP contribution in [0.4, 0.5) is 0 Å². The van der Waals surface area contributed by atoms with Gasteiger partial charge in [-0.25, -0.2) is 0 Å². The van der Waals surface area contributed by atoms with Gasteiger partial charge in [0.15, 0.2) is 5.78 Å². The molecule has 2 aliphatic rings. The van der Waals surface area contributed by atoms with Crippen LogP contribution in [-0.2, 0) is 24.9 Å². The summed E-state index contributed by atoms with van der Waals surface area (Å²) in [4.78, 5) is 16.4. The SMILES string of the molecule is CC(C)(C)C(=O)/C=C(\O)C(C)(C)C.C[Si]1(C)c2cccc3c2-c2c1ccnc2-c1[c-]c2ccccc2cc1[Se]3.[Ir]. The molecule has 0 unspecified atom stereocenters. The van der Waals surface area contributed by atoms with Gasteiger partial charge >= 0.3 is 160 Å². The molecule has 1 aromatic heterocycles. The molecule has 0 saturated heterocycles. The average Bonchev–Trinajstić information content (AvgIpc) is 3.01. The number of hydrogen-bond acceptors (Lipinski definition) is 3. The van der Waals surface area contributed by atoms with Gasteiger partial charge in [0, 0.05) is 37.0 Å². The number of aliphatic hydroxyl groups is 1. The fraction of sp³-hybridized carbons (Fsp3) is 0.294. The second-order valence-corrected chi connectivity index (χ2v) is 19.6. The molecule has 1 N–H and O–H groups in total. The van der Waals surface area contributed by atoms with E-state index in [2.05, 4.69) is 73.8 Å². The van der Waals surface area contributed by atoms with Crippen molar-refractivity contribution in [3.8, 4) is 22.4 Å². The predicted molar refractivity (Wildman–Crippen MR) is 168 cm³/mol. The van der Waals surface area contributed by atoms with E-state index in [0.29, 0.717) is 0 Å². The third-order valence-electron chi connectivity index (χ3n) is 7.56. The number of fused-ring (bicyclic) bond motifs is 3. The first-order valence-electron chi connectivity index (χ1n) is 13.4. The summed E-state index contributed by atoms with van der Waals surface area (Å²) in [6.07, 6.45) is 3.35. The topological polar surface area (TPSA) is 50.2 Å². The van der Waals surface area contributed by atoms with Crippen molar-refractivity contribution in [3.05, 3.63) is 78.7 Å². The van der Waals surface area contributed by atoms with Crippen LogP contribution in [0.25, 0.3) is 33.2 Å². The van der Waals surface area contributed by atoms with Gasteiger partial charge in [0.1, 0.15) is 5.76 Å². The molecule has 0 spiro atoms. The summed E-state index contributed by atoms with van der Waals surface area (Å²) in [6, 6.07) is 23.9. The van der Waals surface area contributed by atoms with E-state index in [0.717, 1.165) is 5.69 Å². The molecule has 3 aromatic carbocycles. The fourth-order valence-electron chi connectivity index (χ4n) is 5.04. The Kier molecular flexibility index (Phi) is 8.28. The Hall–Kier alpha value is -2.33. The maximum absolute atomic E-state index is 11.5. The van der Waals surface area contributed by atoms with Gasteiger partial charge in [-0.05, 0) is 0 Å². The standard InChI is InChI=1S/C23H16NSeSi.C11H20O2.Ir/c1-26(2)19-9-5-8-17-21(19)22-20(26)10-11-24-23(22)16-12-14-6-3-4-7-15(14)13-18(16)25-17;1-10(2,3)8(12)7-9(13)11(4,5)6;/h3-11,13H,1-2H3;7,12H,1-6H3;/q-1;;/b;8-7-;. The molecule has 6 heteroatoms. The van der Waals surface area contributed by atoms with Crippen LogP contribution in [0.15, 0.2) is 72.6 Å². The number of aromatic nitrogens is 1. The second-order valence-electron chi connectivity index (χ2n) is 13.0. The molecule has 40 heavy (non-hydrogen) atoms. The van der Waals surface area contributed by atoms with Crippen LogP contribution < -0.4 is 19.3 Å². The number of allylic oxidation sites excluding steroid dienone is 2. The monoisotopic (exact) mass is 791 g/mol. The smallest absolute Gasteiger partial charge is 0 e. The van der Waals surface area contributed by atoms with E-state index in [-0.39, 0.29) is 52.0 Å². The van der Waals surface area contributed by atoms with Crippen molar-refractivity contribution in [1.29, 1.82) is 0 Å². The van der Waals surface area contributed by atoms with E-state index in [9.17, 15) is 9.90 Å². The van der Waals surface area contributed by atoms with Gasteiger partial charge in [-0.1, -0.05) is 41.5 Å². The van der Waals surface area contributed by atoms with Gasteiger partial charge in [-0.2, -0.15) is 0 Å². The molecule has 209 valence electrons. The summed E-state index contributed by atoms with van der Waals surface area (Å²) in [5.74, 6) is 0.104. The molecule has 0 bridgehead atoms. The van der Waals surface area contributed by atoms with Crippen molar-refractivity contribution < 1.29 is 30.0 Å². The molecule has 6 rings (SSSR count). The Balaban J connectivity index is 0.000000229. The number of hydrogen-bond donors (Lipinski definition) is 1. The minimum absolute atomic E-state index is 0. The largest absolute Gasteiger partial charge is 0 e. The van der Waals surface area contributed by atoms with Crippen LogP contribution in [0, 0.1) is 16.9 Å². The van der Waals surface area contributed by atoms with Gasteiger partial charge in [0.05, 0.1) is 0 Å². The molecule has 0 saturated carbocycles. The summed E-state index contributed by atoms with van der Waals surface area (Å²) in [7, 11) is -1.65. The van der Waals surface area contributed by atoms with Crippen LogP contribution in [0.1, 0.15) is 41.5 Å². The second kappa shape index (κ2) is 10.8. The summed E-state index contributed by atoms with van der Waals surface area (Å²) < 4.78 is 2.91. The Morgan fingerprint density at radius 2 is 1.57 bits per heavy atom. The molecule has 0 fully saturated rings. The van der Waals surface area contributed by atoms with E-state index in [1.165, 1.54) is 47.6 Å². The first-order valence-corrected chi connectivity index (χ1v) is 18.1. The third-order valence-corrected chi connectivity index (χ3v) is 13.4. The molecule has 3 heterocycles. The summed E-state index contributed by atoms with van der Waals surface area (Å²) in [5, 5.41) is 15.1. The first-order chi connectivity index (χ1) is 18.2.